The molecule has 1 aromatic carbocycles. The van der Waals surface area contributed by atoms with Crippen molar-refractivity contribution in [3.63, 3.8) is 0 Å². The molecule has 0 saturated heterocycles. The van der Waals surface area contributed by atoms with Crippen LogP contribution in [0, 0.1) is 11.6 Å². The topological polar surface area (TPSA) is 3.24 Å². The molecule has 0 amide bonds. The average molecular weight is 219 g/mol. The quantitative estimate of drug-likeness (QED) is 0.655. The summed E-state index contributed by atoms with van der Waals surface area (Å²) in [6.07, 6.45) is 1.81. The van der Waals surface area contributed by atoms with Crippen molar-refractivity contribution in [3.05, 3.63) is 46.7 Å². The summed E-state index contributed by atoms with van der Waals surface area (Å²) in [5, 5.41) is 0. The molecule has 1 unspecified atom stereocenters. The predicted molar refractivity (Wildman–Crippen MR) is 57.6 cm³/mol. The van der Waals surface area contributed by atoms with Crippen LogP contribution in [-0.2, 0) is 0 Å². The molecule has 0 radical (unpaired) electrons. The molecule has 2 aliphatic rings. The normalized spacial score (nSPS) is 20.7. The standard InChI is InChI=1S/C13H11F2N/c1-7(2)16-10-5-6-11(16)13-9(15)4-3-8(14)12(10)13/h3-5,7,10H,1-2H3. The molecule has 2 bridgehead atoms. The van der Waals surface area contributed by atoms with E-state index >= 15 is 0 Å². The summed E-state index contributed by atoms with van der Waals surface area (Å²) in [7, 11) is 0. The Bertz CT molecular complexity index is 539. The summed E-state index contributed by atoms with van der Waals surface area (Å²) in [6.45, 7) is 4.02. The summed E-state index contributed by atoms with van der Waals surface area (Å²) in [4.78, 5) is 2.00. The SMILES string of the molecule is CC(C)N1C2=C=CC1c1c(F)ccc(F)c12. The second kappa shape index (κ2) is 2.96. The molecule has 0 aliphatic carbocycles. The highest BCUT2D eigenvalue weighted by atomic mass is 19.1. The molecule has 1 aromatic rings. The van der Waals surface area contributed by atoms with Gasteiger partial charge >= 0.3 is 0 Å². The first-order valence-electron chi connectivity index (χ1n) is 5.34. The Kier molecular flexibility index (Phi) is 1.78. The fourth-order valence-corrected chi connectivity index (χ4v) is 2.55. The number of fused-ring (bicyclic) bond motifs is 5. The van der Waals surface area contributed by atoms with Gasteiger partial charge in [0.1, 0.15) is 11.6 Å². The highest BCUT2D eigenvalue weighted by molar-refractivity contribution is 5.76. The van der Waals surface area contributed by atoms with E-state index in [1.54, 1.807) is 6.08 Å². The van der Waals surface area contributed by atoms with Crippen molar-refractivity contribution in [2.24, 2.45) is 0 Å². The van der Waals surface area contributed by atoms with Crippen LogP contribution in [0.4, 0.5) is 8.78 Å². The maximum absolute atomic E-state index is 13.7. The molecule has 2 aliphatic heterocycles. The molecule has 0 N–H and O–H groups in total. The summed E-state index contributed by atoms with van der Waals surface area (Å²) < 4.78 is 27.4. The Morgan fingerprint density at radius 2 is 1.94 bits per heavy atom. The van der Waals surface area contributed by atoms with Crippen LogP contribution in [-0.4, -0.2) is 10.9 Å². The van der Waals surface area contributed by atoms with Crippen LogP contribution in [0.2, 0.25) is 0 Å². The maximum atomic E-state index is 13.7. The molecule has 0 aromatic heterocycles. The van der Waals surface area contributed by atoms with Gasteiger partial charge in [-0.15, -0.1) is 0 Å². The minimum absolute atomic E-state index is 0.180. The Balaban J connectivity index is 2.26. The predicted octanol–water partition coefficient (Wildman–Crippen LogP) is 3.24. The van der Waals surface area contributed by atoms with Crippen LogP contribution in [0.1, 0.15) is 31.0 Å². The van der Waals surface area contributed by atoms with E-state index in [-0.39, 0.29) is 23.7 Å². The number of benzene rings is 1. The molecule has 0 saturated carbocycles. The minimum Gasteiger partial charge on any atom is -0.351 e. The van der Waals surface area contributed by atoms with Crippen LogP contribution in [0.5, 0.6) is 0 Å². The average Bonchev–Trinajstić information content (AvgIpc) is 2.79. The van der Waals surface area contributed by atoms with E-state index < -0.39 is 0 Å². The smallest absolute Gasteiger partial charge is 0.133 e. The van der Waals surface area contributed by atoms with Crippen molar-refractivity contribution in [1.82, 2.24) is 4.90 Å². The van der Waals surface area contributed by atoms with Crippen molar-refractivity contribution >= 4 is 5.70 Å². The molecule has 16 heavy (non-hydrogen) atoms. The monoisotopic (exact) mass is 219 g/mol. The molecule has 0 fully saturated rings. The van der Waals surface area contributed by atoms with Gasteiger partial charge in [0.15, 0.2) is 0 Å². The lowest BCUT2D eigenvalue weighted by Crippen LogP contribution is -2.25. The van der Waals surface area contributed by atoms with Gasteiger partial charge in [0, 0.05) is 11.6 Å². The Morgan fingerprint density at radius 1 is 1.25 bits per heavy atom. The number of hydrogen-bond acceptors (Lipinski definition) is 1. The number of hydrogen-bond donors (Lipinski definition) is 0. The van der Waals surface area contributed by atoms with Crippen molar-refractivity contribution in [3.8, 4) is 0 Å². The van der Waals surface area contributed by atoms with E-state index in [4.69, 9.17) is 0 Å². The lowest BCUT2D eigenvalue weighted by molar-refractivity contribution is 0.305. The zero-order valence-electron chi connectivity index (χ0n) is 9.09. The lowest BCUT2D eigenvalue weighted by atomic mass is 10.00. The summed E-state index contributed by atoms with van der Waals surface area (Å²) >= 11 is 0. The van der Waals surface area contributed by atoms with E-state index in [1.807, 2.05) is 18.7 Å². The van der Waals surface area contributed by atoms with Crippen LogP contribution in [0.15, 0.2) is 23.9 Å². The fraction of sp³-hybridized carbons (Fsp3) is 0.308. The zero-order chi connectivity index (χ0) is 11.4. The van der Waals surface area contributed by atoms with Gasteiger partial charge in [0.25, 0.3) is 0 Å². The summed E-state index contributed by atoms with van der Waals surface area (Å²) in [6, 6.07) is 2.40. The third kappa shape index (κ3) is 0.987. The lowest BCUT2D eigenvalue weighted by Gasteiger charge is -2.26. The van der Waals surface area contributed by atoms with E-state index in [9.17, 15) is 8.78 Å². The zero-order valence-corrected chi connectivity index (χ0v) is 9.09. The molecule has 3 heteroatoms. The molecule has 3 rings (SSSR count). The largest absolute Gasteiger partial charge is 0.351 e. The number of halogens is 2. The second-order valence-electron chi connectivity index (χ2n) is 4.42. The van der Waals surface area contributed by atoms with Gasteiger partial charge in [-0.2, -0.15) is 0 Å². The van der Waals surface area contributed by atoms with Crippen molar-refractivity contribution in [1.29, 1.82) is 0 Å². The third-order valence-corrected chi connectivity index (χ3v) is 3.17. The van der Waals surface area contributed by atoms with Crippen molar-refractivity contribution < 1.29 is 8.78 Å². The molecule has 2 heterocycles. The minimum atomic E-state index is -0.361. The van der Waals surface area contributed by atoms with Crippen molar-refractivity contribution in [2.75, 3.05) is 0 Å². The highest BCUT2D eigenvalue weighted by Gasteiger charge is 2.40. The van der Waals surface area contributed by atoms with E-state index in [2.05, 4.69) is 5.73 Å². The van der Waals surface area contributed by atoms with Crippen LogP contribution >= 0.6 is 0 Å². The molecule has 0 spiro atoms. The second-order valence-corrected chi connectivity index (χ2v) is 4.42. The van der Waals surface area contributed by atoms with Gasteiger partial charge in [-0.1, -0.05) is 5.73 Å². The van der Waals surface area contributed by atoms with E-state index in [1.165, 1.54) is 12.1 Å². The summed E-state index contributed by atoms with van der Waals surface area (Å²) in [5.74, 6) is -0.694. The molecule has 1 atom stereocenters. The molecular weight excluding hydrogens is 208 g/mol. The molecule has 82 valence electrons. The van der Waals surface area contributed by atoms with Crippen molar-refractivity contribution in [2.45, 2.75) is 25.9 Å². The Morgan fingerprint density at radius 3 is 2.56 bits per heavy atom. The van der Waals surface area contributed by atoms with E-state index in [0.29, 0.717) is 16.8 Å². The first-order chi connectivity index (χ1) is 7.61. The van der Waals surface area contributed by atoms with Gasteiger partial charge in [0.05, 0.1) is 17.3 Å². The highest BCUT2D eigenvalue weighted by Crippen LogP contribution is 2.48. The van der Waals surface area contributed by atoms with Gasteiger partial charge in [-0.25, -0.2) is 8.78 Å². The Hall–Kier alpha value is -1.60. The van der Waals surface area contributed by atoms with Crippen LogP contribution in [0.25, 0.3) is 5.70 Å². The number of nitrogens with zero attached hydrogens (tertiary/aromatic N) is 1. The fourth-order valence-electron chi connectivity index (χ4n) is 2.55. The van der Waals surface area contributed by atoms with Crippen LogP contribution in [0.3, 0.4) is 0 Å². The first-order valence-corrected chi connectivity index (χ1v) is 5.34. The van der Waals surface area contributed by atoms with Crippen LogP contribution < -0.4 is 0 Å². The third-order valence-electron chi connectivity index (χ3n) is 3.17. The van der Waals surface area contributed by atoms with Gasteiger partial charge in [-0.3, -0.25) is 0 Å². The molecular formula is C13H11F2N. The number of rotatable bonds is 1. The maximum Gasteiger partial charge on any atom is 0.133 e. The molecule has 1 nitrogen and oxygen atoms in total. The first kappa shape index (κ1) is 9.61. The van der Waals surface area contributed by atoms with Gasteiger partial charge in [-0.05, 0) is 32.1 Å². The van der Waals surface area contributed by atoms with E-state index in [0.717, 1.165) is 0 Å². The summed E-state index contributed by atoms with van der Waals surface area (Å²) in [5.41, 5.74) is 4.56. The van der Waals surface area contributed by atoms with Gasteiger partial charge < -0.3 is 4.90 Å². The Labute approximate surface area is 92.7 Å². The van der Waals surface area contributed by atoms with Gasteiger partial charge in [0.2, 0.25) is 0 Å².